The van der Waals surface area contributed by atoms with Gasteiger partial charge < -0.3 is 10.3 Å². The zero-order valence-electron chi connectivity index (χ0n) is 9.21. The summed E-state index contributed by atoms with van der Waals surface area (Å²) < 4.78 is 2.17. The fraction of sp³-hybridized carbons (Fsp3) is 0.250. The first-order chi connectivity index (χ1) is 8.25. The molecule has 1 heterocycles. The van der Waals surface area contributed by atoms with Crippen molar-refractivity contribution in [2.45, 2.75) is 13.0 Å². The van der Waals surface area contributed by atoms with Gasteiger partial charge in [0.05, 0.1) is 0 Å². The molecule has 3 nitrogen and oxygen atoms in total. The summed E-state index contributed by atoms with van der Waals surface area (Å²) in [7, 11) is 0. The van der Waals surface area contributed by atoms with Crippen LogP contribution in [0.3, 0.4) is 0 Å². The summed E-state index contributed by atoms with van der Waals surface area (Å²) in [5.74, 6) is 1.02. The van der Waals surface area contributed by atoms with Crippen molar-refractivity contribution in [3.8, 4) is 0 Å². The van der Waals surface area contributed by atoms with E-state index >= 15 is 0 Å². The van der Waals surface area contributed by atoms with Crippen molar-refractivity contribution in [2.75, 3.05) is 6.54 Å². The quantitative estimate of drug-likeness (QED) is 0.805. The lowest BCUT2D eigenvalue weighted by Gasteiger charge is -2.05. The zero-order valence-corrected chi connectivity index (χ0v) is 12.4. The number of aromatic nitrogens is 2. The number of hydrogen-bond donors (Lipinski definition) is 2. The molecule has 0 saturated heterocycles. The van der Waals surface area contributed by atoms with Crippen molar-refractivity contribution >= 4 is 31.9 Å². The van der Waals surface area contributed by atoms with Gasteiger partial charge in [-0.15, -0.1) is 0 Å². The highest BCUT2D eigenvalue weighted by atomic mass is 79.9. The molecule has 5 heteroatoms. The van der Waals surface area contributed by atoms with Crippen LogP contribution in [-0.4, -0.2) is 16.5 Å². The Balaban J connectivity index is 1.76. The Morgan fingerprint density at radius 1 is 1.24 bits per heavy atom. The molecule has 0 atom stereocenters. The number of imidazole rings is 1. The van der Waals surface area contributed by atoms with Gasteiger partial charge in [-0.25, -0.2) is 4.98 Å². The molecule has 0 spiro atoms. The second-order valence-corrected chi connectivity index (χ2v) is 5.42. The van der Waals surface area contributed by atoms with Crippen LogP contribution >= 0.6 is 31.9 Å². The number of rotatable bonds is 5. The molecule has 0 fully saturated rings. The van der Waals surface area contributed by atoms with E-state index < -0.39 is 0 Å². The molecule has 0 bridgehead atoms. The van der Waals surface area contributed by atoms with Gasteiger partial charge in [-0.2, -0.15) is 0 Å². The number of nitrogens with zero attached hydrogens (tertiary/aromatic N) is 1. The van der Waals surface area contributed by atoms with Crippen LogP contribution in [0.1, 0.15) is 11.4 Å². The average Bonchev–Trinajstić information content (AvgIpc) is 2.82. The maximum atomic E-state index is 4.18. The summed E-state index contributed by atoms with van der Waals surface area (Å²) in [6, 6.07) is 6.27. The minimum absolute atomic E-state index is 0.868. The van der Waals surface area contributed by atoms with E-state index in [1.807, 2.05) is 12.3 Å². The number of halogens is 2. The number of hydrogen-bond acceptors (Lipinski definition) is 2. The van der Waals surface area contributed by atoms with Gasteiger partial charge in [0.25, 0.3) is 0 Å². The van der Waals surface area contributed by atoms with Crippen LogP contribution < -0.4 is 5.32 Å². The fourth-order valence-electron chi connectivity index (χ4n) is 1.52. The second-order valence-electron chi connectivity index (χ2n) is 3.71. The van der Waals surface area contributed by atoms with E-state index in [2.05, 4.69) is 59.3 Å². The molecule has 90 valence electrons. The van der Waals surface area contributed by atoms with Crippen molar-refractivity contribution in [3.05, 3.63) is 50.9 Å². The SMILES string of the molecule is Brc1ccc(CNCCc2ncc[nH]2)cc1Br. The number of aromatic amines is 1. The van der Waals surface area contributed by atoms with Gasteiger partial charge in [-0.1, -0.05) is 6.07 Å². The monoisotopic (exact) mass is 357 g/mol. The van der Waals surface area contributed by atoms with E-state index in [0.717, 1.165) is 34.3 Å². The zero-order chi connectivity index (χ0) is 12.1. The van der Waals surface area contributed by atoms with Crippen LogP contribution in [0, 0.1) is 0 Å². The fourth-order valence-corrected chi connectivity index (χ4v) is 2.20. The predicted molar refractivity (Wildman–Crippen MR) is 75.8 cm³/mol. The summed E-state index contributed by atoms with van der Waals surface area (Å²) in [5, 5.41) is 3.39. The number of nitrogens with one attached hydrogen (secondary N) is 2. The Kier molecular flexibility index (Phi) is 4.76. The maximum Gasteiger partial charge on any atom is 0.107 e. The summed E-state index contributed by atoms with van der Waals surface area (Å²) in [5.41, 5.74) is 1.26. The molecule has 0 aliphatic rings. The van der Waals surface area contributed by atoms with Crippen molar-refractivity contribution < 1.29 is 0 Å². The lowest BCUT2D eigenvalue weighted by atomic mass is 10.2. The Morgan fingerprint density at radius 3 is 2.82 bits per heavy atom. The standard InChI is InChI=1S/C12H13Br2N3/c13-10-2-1-9(7-11(10)14)8-15-4-3-12-16-5-6-17-12/h1-2,5-7,15H,3-4,8H2,(H,16,17). The molecule has 0 aliphatic heterocycles. The minimum atomic E-state index is 0.868. The average molecular weight is 359 g/mol. The van der Waals surface area contributed by atoms with Crippen molar-refractivity contribution in [3.63, 3.8) is 0 Å². The van der Waals surface area contributed by atoms with Crippen LogP contribution in [0.2, 0.25) is 0 Å². The first kappa shape index (κ1) is 12.8. The molecule has 2 rings (SSSR count). The van der Waals surface area contributed by atoms with E-state index in [-0.39, 0.29) is 0 Å². The highest BCUT2D eigenvalue weighted by Crippen LogP contribution is 2.23. The maximum absolute atomic E-state index is 4.18. The van der Waals surface area contributed by atoms with E-state index in [0.29, 0.717) is 0 Å². The first-order valence-electron chi connectivity index (χ1n) is 5.38. The van der Waals surface area contributed by atoms with Gasteiger partial charge >= 0.3 is 0 Å². The molecular formula is C12H13Br2N3. The van der Waals surface area contributed by atoms with Crippen molar-refractivity contribution in [1.29, 1.82) is 0 Å². The Hall–Kier alpha value is -0.650. The minimum Gasteiger partial charge on any atom is -0.349 e. The Labute approximate surface area is 117 Å². The third-order valence-corrected chi connectivity index (χ3v) is 4.29. The third kappa shape index (κ3) is 3.94. The molecular weight excluding hydrogens is 346 g/mol. The second kappa shape index (κ2) is 6.33. The largest absolute Gasteiger partial charge is 0.349 e. The van der Waals surface area contributed by atoms with Crippen LogP contribution in [0.25, 0.3) is 0 Å². The van der Waals surface area contributed by atoms with Crippen LogP contribution in [-0.2, 0) is 13.0 Å². The lowest BCUT2D eigenvalue weighted by Crippen LogP contribution is -2.17. The normalized spacial score (nSPS) is 10.7. The molecule has 2 aromatic rings. The Morgan fingerprint density at radius 2 is 2.12 bits per heavy atom. The predicted octanol–water partition coefficient (Wildman–Crippen LogP) is 3.27. The molecule has 1 aromatic heterocycles. The van der Waals surface area contributed by atoms with Gasteiger partial charge in [-0.3, -0.25) is 0 Å². The number of H-pyrrole nitrogens is 1. The van der Waals surface area contributed by atoms with E-state index in [9.17, 15) is 0 Å². The van der Waals surface area contributed by atoms with Gasteiger partial charge in [-0.05, 0) is 49.6 Å². The molecule has 1 aromatic carbocycles. The molecule has 0 amide bonds. The molecule has 17 heavy (non-hydrogen) atoms. The van der Waals surface area contributed by atoms with Gasteiger partial charge in [0, 0.05) is 40.8 Å². The van der Waals surface area contributed by atoms with E-state index in [1.54, 1.807) is 6.20 Å². The van der Waals surface area contributed by atoms with Gasteiger partial charge in [0.15, 0.2) is 0 Å². The smallest absolute Gasteiger partial charge is 0.107 e. The van der Waals surface area contributed by atoms with Crippen LogP contribution in [0.5, 0.6) is 0 Å². The summed E-state index contributed by atoms with van der Waals surface area (Å²) in [6.07, 6.45) is 4.55. The van der Waals surface area contributed by atoms with Crippen molar-refractivity contribution in [2.24, 2.45) is 0 Å². The molecule has 0 unspecified atom stereocenters. The lowest BCUT2D eigenvalue weighted by molar-refractivity contribution is 0.673. The first-order valence-corrected chi connectivity index (χ1v) is 6.97. The highest BCUT2D eigenvalue weighted by molar-refractivity contribution is 9.13. The van der Waals surface area contributed by atoms with Crippen molar-refractivity contribution in [1.82, 2.24) is 15.3 Å². The molecule has 0 saturated carbocycles. The molecule has 2 N–H and O–H groups in total. The Bertz CT molecular complexity index is 469. The summed E-state index contributed by atoms with van der Waals surface area (Å²) in [6.45, 7) is 1.79. The summed E-state index contributed by atoms with van der Waals surface area (Å²) >= 11 is 6.95. The van der Waals surface area contributed by atoms with Crippen LogP contribution in [0.4, 0.5) is 0 Å². The molecule has 0 radical (unpaired) electrons. The van der Waals surface area contributed by atoms with Crippen LogP contribution in [0.15, 0.2) is 39.5 Å². The molecule has 0 aliphatic carbocycles. The van der Waals surface area contributed by atoms with E-state index in [4.69, 9.17) is 0 Å². The summed E-state index contributed by atoms with van der Waals surface area (Å²) in [4.78, 5) is 7.26. The topological polar surface area (TPSA) is 40.7 Å². The third-order valence-electron chi connectivity index (χ3n) is 2.41. The number of benzene rings is 1. The van der Waals surface area contributed by atoms with E-state index in [1.165, 1.54) is 5.56 Å². The van der Waals surface area contributed by atoms with Gasteiger partial charge in [0.1, 0.15) is 5.82 Å². The van der Waals surface area contributed by atoms with Gasteiger partial charge in [0.2, 0.25) is 0 Å². The highest BCUT2D eigenvalue weighted by Gasteiger charge is 1.99.